The van der Waals surface area contributed by atoms with Crippen LogP contribution in [0.2, 0.25) is 0 Å². The Hall–Kier alpha value is -1.69. The van der Waals surface area contributed by atoms with E-state index in [2.05, 4.69) is 20.7 Å². The van der Waals surface area contributed by atoms with Crippen LogP contribution < -0.4 is 5.32 Å². The standard InChI is InChI=1S/C17H24N4OS/c1-13-18-7-9-21(13)10-8-19-16(22)11-17-20-15(12-23-17)14-5-3-2-4-6-14/h7,9,12,14H,2-6,8,10-11H2,1H3,(H,19,22). The molecule has 23 heavy (non-hydrogen) atoms. The van der Waals surface area contributed by atoms with Crippen molar-refractivity contribution in [3.8, 4) is 0 Å². The lowest BCUT2D eigenvalue weighted by Crippen LogP contribution is -2.28. The molecule has 124 valence electrons. The summed E-state index contributed by atoms with van der Waals surface area (Å²) in [6, 6.07) is 0. The van der Waals surface area contributed by atoms with Crippen molar-refractivity contribution in [3.05, 3.63) is 34.3 Å². The Morgan fingerprint density at radius 1 is 1.39 bits per heavy atom. The molecule has 3 rings (SSSR count). The minimum atomic E-state index is 0.0484. The molecular formula is C17H24N4OS. The number of rotatable bonds is 6. The lowest BCUT2D eigenvalue weighted by Gasteiger charge is -2.19. The maximum absolute atomic E-state index is 12.0. The molecule has 0 aromatic carbocycles. The number of imidazole rings is 1. The van der Waals surface area contributed by atoms with Crippen molar-refractivity contribution < 1.29 is 4.79 Å². The summed E-state index contributed by atoms with van der Waals surface area (Å²) in [5.74, 6) is 1.63. The smallest absolute Gasteiger partial charge is 0.226 e. The Morgan fingerprint density at radius 2 is 2.22 bits per heavy atom. The van der Waals surface area contributed by atoms with E-state index in [0.29, 0.717) is 18.9 Å². The van der Waals surface area contributed by atoms with Crippen molar-refractivity contribution in [1.29, 1.82) is 0 Å². The fraction of sp³-hybridized carbons (Fsp3) is 0.588. The van der Waals surface area contributed by atoms with Gasteiger partial charge < -0.3 is 9.88 Å². The molecule has 1 N–H and O–H groups in total. The first-order chi connectivity index (χ1) is 11.2. The van der Waals surface area contributed by atoms with E-state index in [9.17, 15) is 4.79 Å². The zero-order valence-electron chi connectivity index (χ0n) is 13.6. The van der Waals surface area contributed by atoms with Crippen LogP contribution in [0.4, 0.5) is 0 Å². The zero-order chi connectivity index (χ0) is 16.1. The maximum atomic E-state index is 12.0. The molecule has 1 aliphatic carbocycles. The number of nitrogens with one attached hydrogen (secondary N) is 1. The van der Waals surface area contributed by atoms with Crippen LogP contribution in [0.3, 0.4) is 0 Å². The van der Waals surface area contributed by atoms with Gasteiger partial charge in [-0.05, 0) is 19.8 Å². The highest BCUT2D eigenvalue weighted by atomic mass is 32.1. The summed E-state index contributed by atoms with van der Waals surface area (Å²) >= 11 is 1.62. The van der Waals surface area contributed by atoms with E-state index in [1.807, 2.05) is 17.7 Å². The van der Waals surface area contributed by atoms with E-state index in [1.165, 1.54) is 37.8 Å². The highest BCUT2D eigenvalue weighted by Gasteiger charge is 2.18. The minimum Gasteiger partial charge on any atom is -0.354 e. The average Bonchev–Trinajstić information content (AvgIpc) is 3.18. The molecule has 1 fully saturated rings. The van der Waals surface area contributed by atoms with Crippen LogP contribution in [0.5, 0.6) is 0 Å². The molecule has 2 aromatic heterocycles. The Kier molecular flexibility index (Phi) is 5.43. The number of carbonyl (C=O) groups excluding carboxylic acids is 1. The number of nitrogens with zero attached hydrogens (tertiary/aromatic N) is 3. The lowest BCUT2D eigenvalue weighted by molar-refractivity contribution is -0.120. The third kappa shape index (κ3) is 4.41. The first kappa shape index (κ1) is 16.2. The fourth-order valence-corrected chi connectivity index (χ4v) is 4.02. The monoisotopic (exact) mass is 332 g/mol. The molecule has 0 bridgehead atoms. The Bertz CT molecular complexity index is 643. The number of aryl methyl sites for hydroxylation is 1. The summed E-state index contributed by atoms with van der Waals surface area (Å²) in [6.07, 6.45) is 10.6. The van der Waals surface area contributed by atoms with E-state index in [1.54, 1.807) is 17.5 Å². The highest BCUT2D eigenvalue weighted by molar-refractivity contribution is 7.09. The van der Waals surface area contributed by atoms with Gasteiger partial charge in [-0.3, -0.25) is 4.79 Å². The largest absolute Gasteiger partial charge is 0.354 e. The lowest BCUT2D eigenvalue weighted by atomic mass is 9.87. The number of hydrogen-bond donors (Lipinski definition) is 1. The molecule has 6 heteroatoms. The summed E-state index contributed by atoms with van der Waals surface area (Å²) in [5.41, 5.74) is 1.20. The molecule has 1 saturated carbocycles. The molecule has 1 aliphatic rings. The SMILES string of the molecule is Cc1nccn1CCNC(=O)Cc1nc(C2CCCCC2)cs1. The van der Waals surface area contributed by atoms with E-state index in [4.69, 9.17) is 0 Å². The summed E-state index contributed by atoms with van der Waals surface area (Å²) < 4.78 is 2.03. The van der Waals surface area contributed by atoms with Gasteiger partial charge in [0.25, 0.3) is 0 Å². The van der Waals surface area contributed by atoms with Gasteiger partial charge in [0.1, 0.15) is 10.8 Å². The van der Waals surface area contributed by atoms with Crippen LogP contribution in [0, 0.1) is 6.92 Å². The van der Waals surface area contributed by atoms with Crippen molar-refractivity contribution in [2.45, 2.75) is 57.9 Å². The second-order valence-electron chi connectivity index (χ2n) is 6.20. The predicted octanol–water partition coefficient (Wildman–Crippen LogP) is 3.05. The normalized spacial score (nSPS) is 15.7. The first-order valence-electron chi connectivity index (χ1n) is 8.41. The first-order valence-corrected chi connectivity index (χ1v) is 9.29. The van der Waals surface area contributed by atoms with Crippen LogP contribution in [0.15, 0.2) is 17.8 Å². The van der Waals surface area contributed by atoms with Gasteiger partial charge >= 0.3 is 0 Å². The zero-order valence-corrected chi connectivity index (χ0v) is 14.4. The topological polar surface area (TPSA) is 59.8 Å². The van der Waals surface area contributed by atoms with Gasteiger partial charge in [-0.25, -0.2) is 9.97 Å². The Labute approximate surface area is 141 Å². The molecular weight excluding hydrogens is 308 g/mol. The number of thiazole rings is 1. The molecule has 2 aromatic rings. The summed E-state index contributed by atoms with van der Waals surface area (Å²) in [5, 5.41) is 6.04. The van der Waals surface area contributed by atoms with E-state index < -0.39 is 0 Å². The van der Waals surface area contributed by atoms with Crippen LogP contribution in [0.25, 0.3) is 0 Å². The van der Waals surface area contributed by atoms with Crippen LogP contribution >= 0.6 is 11.3 Å². The summed E-state index contributed by atoms with van der Waals surface area (Å²) in [6.45, 7) is 3.34. The number of amides is 1. The van der Waals surface area contributed by atoms with Crippen molar-refractivity contribution >= 4 is 17.2 Å². The van der Waals surface area contributed by atoms with E-state index >= 15 is 0 Å². The van der Waals surface area contributed by atoms with Gasteiger partial charge in [-0.2, -0.15) is 0 Å². The van der Waals surface area contributed by atoms with Crippen molar-refractivity contribution in [1.82, 2.24) is 19.9 Å². The maximum Gasteiger partial charge on any atom is 0.226 e. The van der Waals surface area contributed by atoms with E-state index in [-0.39, 0.29) is 5.91 Å². The molecule has 5 nitrogen and oxygen atoms in total. The quantitative estimate of drug-likeness (QED) is 0.884. The van der Waals surface area contributed by atoms with Crippen molar-refractivity contribution in [3.63, 3.8) is 0 Å². The van der Waals surface area contributed by atoms with Crippen LogP contribution in [-0.2, 0) is 17.8 Å². The molecule has 2 heterocycles. The van der Waals surface area contributed by atoms with Gasteiger partial charge in [0.2, 0.25) is 5.91 Å². The Morgan fingerprint density at radius 3 is 2.96 bits per heavy atom. The molecule has 0 saturated heterocycles. The minimum absolute atomic E-state index is 0.0484. The number of aromatic nitrogens is 3. The van der Waals surface area contributed by atoms with Crippen molar-refractivity contribution in [2.75, 3.05) is 6.54 Å². The number of carbonyl (C=O) groups is 1. The summed E-state index contributed by atoms with van der Waals surface area (Å²) in [4.78, 5) is 20.9. The van der Waals surface area contributed by atoms with Gasteiger partial charge in [0.15, 0.2) is 0 Å². The molecule has 0 aliphatic heterocycles. The molecule has 0 unspecified atom stereocenters. The molecule has 1 amide bonds. The van der Waals surface area contributed by atoms with Gasteiger partial charge in [0.05, 0.1) is 12.1 Å². The second kappa shape index (κ2) is 7.73. The summed E-state index contributed by atoms with van der Waals surface area (Å²) in [7, 11) is 0. The average molecular weight is 332 g/mol. The van der Waals surface area contributed by atoms with Gasteiger partial charge in [-0.1, -0.05) is 19.3 Å². The predicted molar refractivity (Wildman–Crippen MR) is 91.6 cm³/mol. The van der Waals surface area contributed by atoms with Crippen LogP contribution in [-0.4, -0.2) is 27.0 Å². The molecule has 0 atom stereocenters. The van der Waals surface area contributed by atoms with E-state index in [0.717, 1.165) is 17.4 Å². The fourth-order valence-electron chi connectivity index (χ4n) is 3.15. The Balaban J connectivity index is 1.44. The highest BCUT2D eigenvalue weighted by Crippen LogP contribution is 2.33. The number of hydrogen-bond acceptors (Lipinski definition) is 4. The third-order valence-electron chi connectivity index (χ3n) is 4.50. The molecule has 0 spiro atoms. The van der Waals surface area contributed by atoms with Crippen LogP contribution in [0.1, 0.15) is 54.5 Å². The molecule has 0 radical (unpaired) electrons. The van der Waals surface area contributed by atoms with Gasteiger partial charge in [-0.15, -0.1) is 11.3 Å². The second-order valence-corrected chi connectivity index (χ2v) is 7.14. The van der Waals surface area contributed by atoms with Gasteiger partial charge in [0, 0.05) is 36.8 Å². The van der Waals surface area contributed by atoms with Crippen molar-refractivity contribution in [2.24, 2.45) is 0 Å². The third-order valence-corrected chi connectivity index (χ3v) is 5.37.